The van der Waals surface area contributed by atoms with Crippen molar-refractivity contribution in [3.8, 4) is 44.8 Å². The van der Waals surface area contributed by atoms with E-state index in [1.165, 1.54) is 131 Å². The van der Waals surface area contributed by atoms with Crippen molar-refractivity contribution in [3.63, 3.8) is 0 Å². The van der Waals surface area contributed by atoms with Crippen molar-refractivity contribution in [1.82, 2.24) is 9.13 Å². The molecule has 10 heteroatoms. The van der Waals surface area contributed by atoms with E-state index in [-0.39, 0.29) is 18.3 Å². The number of rotatable bonds is 6. The van der Waals surface area contributed by atoms with Gasteiger partial charge in [0.2, 0.25) is 0 Å². The molecule has 4 nitrogen and oxygen atoms in total. The molecule has 17 rings (SSSR count). The zero-order valence-electron chi connectivity index (χ0n) is 48.6. The molecule has 1 saturated heterocycles. The minimum absolute atomic E-state index is 0.368. The molecule has 4 aromatic heterocycles. The van der Waals surface area contributed by atoms with E-state index in [1.54, 1.807) is 0 Å². The van der Waals surface area contributed by atoms with E-state index in [0.717, 1.165) is 15.5 Å². The van der Waals surface area contributed by atoms with Gasteiger partial charge in [-0.05, 0) is 214 Å². The molecule has 12 aromatic carbocycles. The van der Waals surface area contributed by atoms with E-state index >= 15 is 0 Å². The Bertz CT molecular complexity index is 5350. The van der Waals surface area contributed by atoms with Crippen LogP contribution in [0.25, 0.3) is 129 Å². The van der Waals surface area contributed by atoms with E-state index in [4.69, 9.17) is 9.31 Å². The van der Waals surface area contributed by atoms with Crippen LogP contribution in [0.5, 0.6) is 0 Å². The smallest absolute Gasteiger partial charge is 0.399 e. The molecule has 0 amide bonds. The van der Waals surface area contributed by atoms with Crippen LogP contribution in [0.15, 0.2) is 276 Å². The number of fused-ring (bicyclic) bond motifs is 12. The Hall–Kier alpha value is -7.65. The topological polar surface area (TPSA) is 28.3 Å². The average molecular weight is 1410 g/mol. The van der Waals surface area contributed by atoms with Crippen LogP contribution in [0.3, 0.4) is 0 Å². The molecule has 0 spiro atoms. The van der Waals surface area contributed by atoms with Crippen LogP contribution in [0.2, 0.25) is 0 Å². The van der Waals surface area contributed by atoms with Gasteiger partial charge in [0, 0.05) is 85.8 Å². The molecular formula is C78H56BBr2IN2O2S2. The molecule has 0 radical (unpaired) electrons. The normalized spacial score (nSPS) is 13.7. The van der Waals surface area contributed by atoms with Crippen LogP contribution in [-0.4, -0.2) is 27.5 Å². The lowest BCUT2D eigenvalue weighted by molar-refractivity contribution is 0.00578. The summed E-state index contributed by atoms with van der Waals surface area (Å²) < 4.78 is 26.4. The average Bonchev–Trinajstić information content (AvgIpc) is 1.74. The second-order valence-corrected chi connectivity index (χ2v) is 28.5. The predicted octanol–water partition coefficient (Wildman–Crippen LogP) is 23.4. The number of thiophene rings is 2. The first-order chi connectivity index (χ1) is 42.8. The maximum Gasteiger partial charge on any atom is 0.494 e. The monoisotopic (exact) mass is 1410 g/mol. The van der Waals surface area contributed by atoms with E-state index in [0.29, 0.717) is 0 Å². The van der Waals surface area contributed by atoms with Crippen molar-refractivity contribution in [2.24, 2.45) is 0 Å². The zero-order valence-corrected chi connectivity index (χ0v) is 55.6. The first-order valence-corrected chi connectivity index (χ1v) is 33.8. The van der Waals surface area contributed by atoms with Crippen molar-refractivity contribution in [1.29, 1.82) is 0 Å². The second kappa shape index (κ2) is 23.1. The number of aromatic nitrogens is 2. The Kier molecular flexibility index (Phi) is 14.9. The largest absolute Gasteiger partial charge is 0.494 e. The van der Waals surface area contributed by atoms with Gasteiger partial charge in [0.15, 0.2) is 0 Å². The lowest BCUT2D eigenvalue weighted by Gasteiger charge is -2.32. The van der Waals surface area contributed by atoms with Crippen LogP contribution < -0.4 is 5.46 Å². The van der Waals surface area contributed by atoms with E-state index in [9.17, 15) is 0 Å². The van der Waals surface area contributed by atoms with Crippen molar-refractivity contribution in [3.05, 3.63) is 279 Å². The summed E-state index contributed by atoms with van der Waals surface area (Å²) in [5.41, 5.74) is 14.7. The molecule has 88 heavy (non-hydrogen) atoms. The summed E-state index contributed by atoms with van der Waals surface area (Å²) in [6.45, 7) is 8.39. The van der Waals surface area contributed by atoms with Gasteiger partial charge in [0.25, 0.3) is 0 Å². The van der Waals surface area contributed by atoms with Crippen LogP contribution in [0.1, 0.15) is 27.7 Å². The molecule has 0 saturated carbocycles. The summed E-state index contributed by atoms with van der Waals surface area (Å²) >= 11 is 13.1. The molecule has 1 fully saturated rings. The second-order valence-electron chi connectivity index (χ2n) is 23.4. The number of para-hydroxylation sites is 2. The van der Waals surface area contributed by atoms with Crippen LogP contribution in [0, 0.1) is 3.57 Å². The summed E-state index contributed by atoms with van der Waals surface area (Å²) in [4.78, 5) is 0. The van der Waals surface area contributed by atoms with E-state index in [2.05, 4.69) is 340 Å². The Morgan fingerprint density at radius 1 is 0.341 bits per heavy atom. The minimum Gasteiger partial charge on any atom is -0.399 e. The number of nitrogens with zero attached hydrogens (tertiary/aromatic N) is 2. The Morgan fingerprint density at radius 2 is 0.761 bits per heavy atom. The molecule has 0 bridgehead atoms. The van der Waals surface area contributed by atoms with Crippen molar-refractivity contribution >= 4 is 174 Å². The highest BCUT2D eigenvalue weighted by Crippen LogP contribution is 2.43. The highest BCUT2D eigenvalue weighted by atomic mass is 127. The van der Waals surface area contributed by atoms with Gasteiger partial charge < -0.3 is 18.4 Å². The van der Waals surface area contributed by atoms with Crippen LogP contribution >= 0.6 is 77.1 Å². The van der Waals surface area contributed by atoms with Crippen LogP contribution in [0.4, 0.5) is 0 Å². The maximum atomic E-state index is 6.35. The highest BCUT2D eigenvalue weighted by Gasteiger charge is 2.51. The number of benzene rings is 12. The molecule has 5 heterocycles. The quantitative estimate of drug-likeness (QED) is 0.123. The SMILES string of the molecule is Brc1ccccc1-c1cccc(-c2ccc3c(c2)c2ccccc2n3-c2ccc3sc4ccccc4c3c2)c1.Brc1ccccc1I.CC1(C)OB(c2cccc(-c3ccc4c(c3)c3ccccc3n4-c3ccc4sc5ccccc5c4c3)c2)OC1(C)C. The first-order valence-electron chi connectivity index (χ1n) is 29.5. The number of hydrogen-bond donors (Lipinski definition) is 0. The fourth-order valence-corrected chi connectivity index (χ4v) is 15.8. The van der Waals surface area contributed by atoms with Gasteiger partial charge in [-0.2, -0.15) is 0 Å². The van der Waals surface area contributed by atoms with Gasteiger partial charge in [-0.1, -0.05) is 174 Å². The summed E-state index contributed by atoms with van der Waals surface area (Å²) in [6, 6.07) is 96.3. The Labute approximate surface area is 550 Å². The third-order valence-corrected chi connectivity index (χ3v) is 22.9. The lowest BCUT2D eigenvalue weighted by atomic mass is 9.78. The summed E-state index contributed by atoms with van der Waals surface area (Å²) in [5.74, 6) is 0. The highest BCUT2D eigenvalue weighted by molar-refractivity contribution is 14.1. The van der Waals surface area contributed by atoms with Gasteiger partial charge in [0.1, 0.15) is 0 Å². The summed E-state index contributed by atoms with van der Waals surface area (Å²) in [7, 11) is -0.381. The molecule has 0 unspecified atom stereocenters. The molecule has 0 aliphatic carbocycles. The predicted molar refractivity (Wildman–Crippen MR) is 394 cm³/mol. The van der Waals surface area contributed by atoms with Gasteiger partial charge in [-0.15, -0.1) is 22.7 Å². The van der Waals surface area contributed by atoms with E-state index in [1.807, 2.05) is 40.9 Å². The fourth-order valence-electron chi connectivity index (χ4n) is 12.4. The van der Waals surface area contributed by atoms with Gasteiger partial charge >= 0.3 is 7.12 Å². The number of hydrogen-bond acceptors (Lipinski definition) is 4. The Balaban J connectivity index is 0.000000131. The van der Waals surface area contributed by atoms with Crippen molar-refractivity contribution in [2.45, 2.75) is 38.9 Å². The molecule has 1 aliphatic rings. The summed E-state index contributed by atoms with van der Waals surface area (Å²) in [5, 5.41) is 10.3. The third-order valence-electron chi connectivity index (χ3n) is 17.5. The summed E-state index contributed by atoms with van der Waals surface area (Å²) in [6.07, 6.45) is 0. The van der Waals surface area contributed by atoms with Crippen molar-refractivity contribution < 1.29 is 9.31 Å². The van der Waals surface area contributed by atoms with Crippen LogP contribution in [-0.2, 0) is 9.31 Å². The third kappa shape index (κ3) is 10.3. The maximum absolute atomic E-state index is 6.35. The number of halogens is 3. The molecule has 1 aliphatic heterocycles. The Morgan fingerprint density at radius 3 is 1.28 bits per heavy atom. The molecular weight excluding hydrogens is 1360 g/mol. The van der Waals surface area contributed by atoms with E-state index < -0.39 is 0 Å². The lowest BCUT2D eigenvalue weighted by Crippen LogP contribution is -2.41. The molecule has 0 N–H and O–H groups in total. The van der Waals surface area contributed by atoms with Crippen molar-refractivity contribution in [2.75, 3.05) is 0 Å². The first kappa shape index (κ1) is 56.8. The van der Waals surface area contributed by atoms with Gasteiger partial charge in [-0.25, -0.2) is 0 Å². The molecule has 426 valence electrons. The fraction of sp³-hybridized carbons (Fsp3) is 0.0769. The van der Waals surface area contributed by atoms with Gasteiger partial charge in [-0.3, -0.25) is 0 Å². The standard InChI is InChI=1S/C36H30BNO2S.C36H22BrNS.C6H4BrI/c1-35(2)36(3,4)40-37(39-35)25-11-9-10-23(20-25)24-16-18-32-29(21-24)27-12-5-7-14-31(27)38(32)26-17-19-34-30(22-26)28-13-6-8-15-33(28)41-34;37-32-13-4-1-10-27(32)25-9-7-8-23(20-25)24-16-18-34-30(21-24)28-11-2-5-14-33(28)38(34)26-17-19-36-31(22-26)29-12-3-6-15-35(29)39-36;7-5-3-1-2-4-6(5)8/h5-22H,1-4H3;1-22H;1-4H. The molecule has 16 aromatic rings. The zero-order chi connectivity index (χ0) is 59.8. The van der Waals surface area contributed by atoms with Gasteiger partial charge in [0.05, 0.1) is 33.3 Å². The molecule has 0 atom stereocenters. The minimum atomic E-state index is -0.381.